The fraction of sp³-hybridized carbons (Fsp3) is 0.273. The largest absolute Gasteiger partial charge is 0.494 e. The maximum Gasteiger partial charge on any atom is 0.267 e. The van der Waals surface area contributed by atoms with Gasteiger partial charge < -0.3 is 9.47 Å². The highest BCUT2D eigenvalue weighted by Gasteiger charge is 2.24. The number of halogens is 2. The SMILES string of the molecule is COc1ccc(-c2cc(=O)n(CC3CC3)nc2-c2ccc(OC)c(F)c2)cc1F. The van der Waals surface area contributed by atoms with Crippen LogP contribution < -0.4 is 15.0 Å². The minimum Gasteiger partial charge on any atom is -0.494 e. The van der Waals surface area contributed by atoms with Crippen molar-refractivity contribution in [1.29, 1.82) is 0 Å². The Hall–Kier alpha value is -3.22. The molecule has 3 aromatic rings. The monoisotopic (exact) mass is 398 g/mol. The van der Waals surface area contributed by atoms with E-state index in [-0.39, 0.29) is 17.1 Å². The average Bonchev–Trinajstić information content (AvgIpc) is 3.53. The van der Waals surface area contributed by atoms with Crippen LogP contribution in [0, 0.1) is 17.6 Å². The minimum absolute atomic E-state index is 0.0980. The molecule has 2 aromatic carbocycles. The van der Waals surface area contributed by atoms with Crippen LogP contribution >= 0.6 is 0 Å². The van der Waals surface area contributed by atoms with E-state index >= 15 is 0 Å². The maximum atomic E-state index is 14.3. The van der Waals surface area contributed by atoms with E-state index in [2.05, 4.69) is 5.10 Å². The van der Waals surface area contributed by atoms with Gasteiger partial charge in [0.1, 0.15) is 0 Å². The van der Waals surface area contributed by atoms with E-state index in [9.17, 15) is 13.6 Å². The Labute approximate surface area is 166 Å². The van der Waals surface area contributed by atoms with Crippen LogP contribution in [0.1, 0.15) is 12.8 Å². The lowest BCUT2D eigenvalue weighted by Crippen LogP contribution is -2.24. The predicted molar refractivity (Wildman–Crippen MR) is 105 cm³/mol. The molecule has 1 saturated carbocycles. The number of methoxy groups -OCH3 is 2. The molecule has 0 unspecified atom stereocenters. The molecule has 1 aromatic heterocycles. The molecule has 29 heavy (non-hydrogen) atoms. The second kappa shape index (κ2) is 7.66. The summed E-state index contributed by atoms with van der Waals surface area (Å²) in [5.74, 6) is -0.458. The van der Waals surface area contributed by atoms with Crippen molar-refractivity contribution in [3.05, 3.63) is 64.5 Å². The summed E-state index contributed by atoms with van der Waals surface area (Å²) in [6.07, 6.45) is 2.12. The van der Waals surface area contributed by atoms with Crippen LogP contribution in [0.25, 0.3) is 22.4 Å². The van der Waals surface area contributed by atoms with Gasteiger partial charge >= 0.3 is 0 Å². The number of rotatable bonds is 6. The summed E-state index contributed by atoms with van der Waals surface area (Å²) in [6.45, 7) is 0.516. The molecule has 0 spiro atoms. The molecular formula is C22H20F2N2O3. The first-order valence-corrected chi connectivity index (χ1v) is 9.30. The summed E-state index contributed by atoms with van der Waals surface area (Å²) in [4.78, 5) is 12.6. The van der Waals surface area contributed by atoms with Gasteiger partial charge in [-0.25, -0.2) is 13.5 Å². The van der Waals surface area contributed by atoms with Gasteiger partial charge in [-0.1, -0.05) is 6.07 Å². The van der Waals surface area contributed by atoms with Crippen LogP contribution in [-0.4, -0.2) is 24.0 Å². The van der Waals surface area contributed by atoms with Crippen molar-refractivity contribution in [1.82, 2.24) is 9.78 Å². The van der Waals surface area contributed by atoms with Gasteiger partial charge in [0.15, 0.2) is 23.1 Å². The Morgan fingerprint density at radius 2 is 1.55 bits per heavy atom. The third-order valence-electron chi connectivity index (χ3n) is 5.01. The quantitative estimate of drug-likeness (QED) is 0.622. The highest BCUT2D eigenvalue weighted by Crippen LogP contribution is 2.34. The Bertz CT molecular complexity index is 1120. The normalized spacial score (nSPS) is 13.4. The van der Waals surface area contributed by atoms with Gasteiger partial charge in [-0.15, -0.1) is 0 Å². The van der Waals surface area contributed by atoms with Crippen molar-refractivity contribution in [3.8, 4) is 33.9 Å². The summed E-state index contributed by atoms with van der Waals surface area (Å²) in [7, 11) is 2.77. The number of aromatic nitrogens is 2. The van der Waals surface area contributed by atoms with Gasteiger partial charge in [0.2, 0.25) is 0 Å². The van der Waals surface area contributed by atoms with E-state index in [0.29, 0.717) is 34.8 Å². The van der Waals surface area contributed by atoms with Crippen LogP contribution in [0.3, 0.4) is 0 Å². The third-order valence-corrected chi connectivity index (χ3v) is 5.01. The highest BCUT2D eigenvalue weighted by atomic mass is 19.1. The average molecular weight is 398 g/mol. The van der Waals surface area contributed by atoms with E-state index in [1.165, 1.54) is 49.2 Å². The molecule has 0 aliphatic heterocycles. The summed E-state index contributed by atoms with van der Waals surface area (Å²) in [5, 5.41) is 4.51. The van der Waals surface area contributed by atoms with Crippen LogP contribution in [0.4, 0.5) is 8.78 Å². The van der Waals surface area contributed by atoms with Crippen molar-refractivity contribution in [2.75, 3.05) is 14.2 Å². The molecule has 5 nitrogen and oxygen atoms in total. The van der Waals surface area contributed by atoms with E-state index in [1.807, 2.05) is 0 Å². The standard InChI is InChI=1S/C22H20F2N2O3/c1-28-19-7-5-14(9-17(19)23)16-11-21(27)26(12-13-3-4-13)25-22(16)15-6-8-20(29-2)18(24)10-15/h5-11,13H,3-4,12H2,1-2H3. The van der Waals surface area contributed by atoms with Crippen molar-refractivity contribution in [2.24, 2.45) is 5.92 Å². The van der Waals surface area contributed by atoms with Crippen LogP contribution in [0.5, 0.6) is 11.5 Å². The van der Waals surface area contributed by atoms with Crippen LogP contribution in [0.2, 0.25) is 0 Å². The number of hydrogen-bond acceptors (Lipinski definition) is 4. The third kappa shape index (κ3) is 3.85. The van der Waals surface area contributed by atoms with Crippen molar-refractivity contribution in [3.63, 3.8) is 0 Å². The van der Waals surface area contributed by atoms with Crippen molar-refractivity contribution in [2.45, 2.75) is 19.4 Å². The molecule has 0 N–H and O–H groups in total. The zero-order valence-corrected chi connectivity index (χ0v) is 16.1. The van der Waals surface area contributed by atoms with Gasteiger partial charge in [0.05, 0.1) is 19.9 Å². The van der Waals surface area contributed by atoms with Crippen molar-refractivity contribution >= 4 is 0 Å². The molecule has 0 radical (unpaired) electrons. The van der Waals surface area contributed by atoms with E-state index in [1.54, 1.807) is 12.1 Å². The second-order valence-corrected chi connectivity index (χ2v) is 7.07. The summed E-state index contributed by atoms with van der Waals surface area (Å²) in [6, 6.07) is 10.3. The number of hydrogen-bond donors (Lipinski definition) is 0. The lowest BCUT2D eigenvalue weighted by atomic mass is 9.99. The molecule has 0 bridgehead atoms. The molecule has 1 aliphatic carbocycles. The molecule has 7 heteroatoms. The Balaban J connectivity index is 1.89. The van der Waals surface area contributed by atoms with Gasteiger partial charge in [-0.2, -0.15) is 5.10 Å². The predicted octanol–water partition coefficient (Wildman–Crippen LogP) is 4.28. The van der Waals surface area contributed by atoms with E-state index in [0.717, 1.165) is 12.8 Å². The first kappa shape index (κ1) is 19.1. The Morgan fingerprint density at radius 1 is 0.966 bits per heavy atom. The summed E-state index contributed by atoms with van der Waals surface area (Å²) in [5.41, 5.74) is 1.47. The zero-order valence-electron chi connectivity index (χ0n) is 16.1. The molecule has 1 fully saturated rings. The fourth-order valence-electron chi connectivity index (χ4n) is 3.25. The molecule has 0 amide bonds. The first-order valence-electron chi connectivity index (χ1n) is 9.30. The molecule has 150 valence electrons. The number of benzene rings is 2. The Morgan fingerprint density at radius 3 is 2.10 bits per heavy atom. The van der Waals surface area contributed by atoms with Gasteiger partial charge in [0, 0.05) is 23.7 Å². The highest BCUT2D eigenvalue weighted by molar-refractivity contribution is 5.80. The van der Waals surface area contributed by atoms with Crippen LogP contribution in [0.15, 0.2) is 47.3 Å². The van der Waals surface area contributed by atoms with E-state index < -0.39 is 11.6 Å². The number of ether oxygens (including phenoxy) is 2. The molecule has 1 heterocycles. The summed E-state index contributed by atoms with van der Waals surface area (Å²) >= 11 is 0. The van der Waals surface area contributed by atoms with Crippen molar-refractivity contribution < 1.29 is 18.3 Å². The minimum atomic E-state index is -0.556. The smallest absolute Gasteiger partial charge is 0.267 e. The molecule has 0 atom stereocenters. The number of nitrogens with zero attached hydrogens (tertiary/aromatic N) is 2. The summed E-state index contributed by atoms with van der Waals surface area (Å²) < 4.78 is 40.0. The van der Waals surface area contributed by atoms with Gasteiger partial charge in [-0.3, -0.25) is 4.79 Å². The molecule has 4 rings (SSSR count). The maximum absolute atomic E-state index is 14.3. The zero-order chi connectivity index (χ0) is 20.5. The lowest BCUT2D eigenvalue weighted by Gasteiger charge is -2.14. The van der Waals surface area contributed by atoms with Crippen LogP contribution in [-0.2, 0) is 6.54 Å². The molecular weight excluding hydrogens is 378 g/mol. The first-order chi connectivity index (χ1) is 14.0. The van der Waals surface area contributed by atoms with Gasteiger partial charge in [-0.05, 0) is 54.7 Å². The second-order valence-electron chi connectivity index (χ2n) is 7.07. The van der Waals surface area contributed by atoms with E-state index in [4.69, 9.17) is 9.47 Å². The fourth-order valence-corrected chi connectivity index (χ4v) is 3.25. The molecule has 0 saturated heterocycles. The topological polar surface area (TPSA) is 53.4 Å². The Kier molecular flexibility index (Phi) is 5.05. The molecule has 1 aliphatic rings. The van der Waals surface area contributed by atoms with Gasteiger partial charge in [0.25, 0.3) is 5.56 Å². The lowest BCUT2D eigenvalue weighted by molar-refractivity contribution is 0.386.